The summed E-state index contributed by atoms with van der Waals surface area (Å²) in [7, 11) is 0. The third kappa shape index (κ3) is 5.03. The van der Waals surface area contributed by atoms with Gasteiger partial charge in [-0.3, -0.25) is 9.59 Å². The van der Waals surface area contributed by atoms with E-state index in [0.29, 0.717) is 19.4 Å². The molecule has 0 spiro atoms. The van der Waals surface area contributed by atoms with Crippen LogP contribution in [-0.2, 0) is 16.0 Å². The van der Waals surface area contributed by atoms with Crippen LogP contribution in [0.1, 0.15) is 37.8 Å². The zero-order valence-corrected chi connectivity index (χ0v) is 12.4. The Morgan fingerprint density at radius 2 is 1.85 bits per heavy atom. The first-order chi connectivity index (χ1) is 9.43. The number of carboxylic acids is 1. The van der Waals surface area contributed by atoms with Crippen molar-refractivity contribution in [2.24, 2.45) is 0 Å². The van der Waals surface area contributed by atoms with E-state index in [4.69, 9.17) is 5.11 Å². The molecular weight excluding hydrogens is 254 g/mol. The van der Waals surface area contributed by atoms with E-state index in [1.807, 2.05) is 38.1 Å². The van der Waals surface area contributed by atoms with Gasteiger partial charge in [0.05, 0.1) is 6.42 Å². The lowest BCUT2D eigenvalue weighted by molar-refractivity contribution is -0.140. The second kappa shape index (κ2) is 7.68. The molecule has 0 aromatic heterocycles. The van der Waals surface area contributed by atoms with E-state index in [1.165, 1.54) is 5.56 Å². The van der Waals surface area contributed by atoms with E-state index in [1.54, 1.807) is 11.8 Å². The van der Waals surface area contributed by atoms with Gasteiger partial charge >= 0.3 is 5.97 Å². The number of hydrogen-bond donors (Lipinski definition) is 1. The molecule has 4 nitrogen and oxygen atoms in total. The van der Waals surface area contributed by atoms with Gasteiger partial charge in [0.2, 0.25) is 5.91 Å². The quantitative estimate of drug-likeness (QED) is 0.833. The Kier molecular flexibility index (Phi) is 6.22. The average molecular weight is 277 g/mol. The third-order valence-corrected chi connectivity index (χ3v) is 3.41. The number of benzene rings is 1. The van der Waals surface area contributed by atoms with Gasteiger partial charge in [0.1, 0.15) is 0 Å². The van der Waals surface area contributed by atoms with Crippen LogP contribution in [0.15, 0.2) is 24.3 Å². The third-order valence-electron chi connectivity index (χ3n) is 3.41. The van der Waals surface area contributed by atoms with E-state index in [0.717, 1.165) is 5.56 Å². The molecule has 4 heteroatoms. The number of hydrogen-bond acceptors (Lipinski definition) is 2. The molecule has 0 heterocycles. The lowest BCUT2D eigenvalue weighted by Gasteiger charge is -2.27. The number of aliphatic carboxylic acids is 1. The predicted molar refractivity (Wildman–Crippen MR) is 78.6 cm³/mol. The van der Waals surface area contributed by atoms with Crippen molar-refractivity contribution >= 4 is 11.9 Å². The minimum atomic E-state index is -0.873. The molecule has 0 radical (unpaired) electrons. The van der Waals surface area contributed by atoms with Crippen LogP contribution in [0.25, 0.3) is 0 Å². The highest BCUT2D eigenvalue weighted by molar-refractivity contribution is 5.77. The van der Waals surface area contributed by atoms with Crippen molar-refractivity contribution in [2.75, 3.05) is 6.54 Å². The molecule has 0 aliphatic rings. The van der Waals surface area contributed by atoms with Gasteiger partial charge in [0.25, 0.3) is 0 Å². The summed E-state index contributed by atoms with van der Waals surface area (Å²) in [6.07, 6.45) is 1.10. The number of carboxylic acid groups (broad SMARTS) is 1. The fraction of sp³-hybridized carbons (Fsp3) is 0.500. The summed E-state index contributed by atoms with van der Waals surface area (Å²) in [5.74, 6) is -0.857. The maximum Gasteiger partial charge on any atom is 0.305 e. The standard InChI is InChI=1S/C16H23NO3/c1-4-17(13(3)11-16(19)20)15(18)10-9-14-7-5-12(2)6-8-14/h5-8,13H,4,9-11H2,1-3H3,(H,19,20). The molecule has 1 unspecified atom stereocenters. The molecule has 1 atom stereocenters. The number of carbonyl (C=O) groups excluding carboxylic acids is 1. The van der Waals surface area contributed by atoms with Crippen molar-refractivity contribution in [3.05, 3.63) is 35.4 Å². The second-order valence-electron chi connectivity index (χ2n) is 5.11. The minimum absolute atomic E-state index is 0.00981. The summed E-state index contributed by atoms with van der Waals surface area (Å²) in [6.45, 7) is 6.23. The molecule has 1 amide bonds. The summed E-state index contributed by atoms with van der Waals surface area (Å²) in [5, 5.41) is 8.81. The highest BCUT2D eigenvalue weighted by Crippen LogP contribution is 2.10. The topological polar surface area (TPSA) is 57.6 Å². The lowest BCUT2D eigenvalue weighted by atomic mass is 10.1. The Bertz CT molecular complexity index is 453. The molecule has 1 rings (SSSR count). The highest BCUT2D eigenvalue weighted by Gasteiger charge is 2.20. The number of rotatable bonds is 7. The van der Waals surface area contributed by atoms with E-state index in [-0.39, 0.29) is 18.4 Å². The largest absolute Gasteiger partial charge is 0.481 e. The fourth-order valence-electron chi connectivity index (χ4n) is 2.25. The fourth-order valence-corrected chi connectivity index (χ4v) is 2.25. The van der Waals surface area contributed by atoms with Crippen molar-refractivity contribution in [2.45, 2.75) is 46.1 Å². The van der Waals surface area contributed by atoms with Gasteiger partial charge in [0, 0.05) is 19.0 Å². The molecule has 1 aromatic carbocycles. The number of carbonyl (C=O) groups is 2. The summed E-state index contributed by atoms with van der Waals surface area (Å²) in [4.78, 5) is 24.5. The van der Waals surface area contributed by atoms with Crippen LogP contribution < -0.4 is 0 Å². The van der Waals surface area contributed by atoms with E-state index in [9.17, 15) is 9.59 Å². The predicted octanol–water partition coefficient (Wildman–Crippen LogP) is 2.64. The van der Waals surface area contributed by atoms with Crippen molar-refractivity contribution in [3.8, 4) is 0 Å². The van der Waals surface area contributed by atoms with Gasteiger partial charge < -0.3 is 10.0 Å². The first kappa shape index (κ1) is 16.2. The Balaban J connectivity index is 2.54. The molecular formula is C16H23NO3. The normalized spacial score (nSPS) is 11.9. The number of aryl methyl sites for hydroxylation is 2. The number of nitrogens with zero attached hydrogens (tertiary/aromatic N) is 1. The SMILES string of the molecule is CCN(C(=O)CCc1ccc(C)cc1)C(C)CC(=O)O. The van der Waals surface area contributed by atoms with Gasteiger partial charge in [0.15, 0.2) is 0 Å². The minimum Gasteiger partial charge on any atom is -0.481 e. The maximum absolute atomic E-state index is 12.2. The molecule has 110 valence electrons. The van der Waals surface area contributed by atoms with Crippen LogP contribution in [0, 0.1) is 6.92 Å². The summed E-state index contributed by atoms with van der Waals surface area (Å²) in [5.41, 5.74) is 2.33. The zero-order valence-electron chi connectivity index (χ0n) is 12.4. The van der Waals surface area contributed by atoms with Crippen molar-refractivity contribution in [1.29, 1.82) is 0 Å². The highest BCUT2D eigenvalue weighted by atomic mass is 16.4. The Labute approximate surface area is 120 Å². The summed E-state index contributed by atoms with van der Waals surface area (Å²) >= 11 is 0. The Morgan fingerprint density at radius 1 is 1.25 bits per heavy atom. The summed E-state index contributed by atoms with van der Waals surface area (Å²) in [6, 6.07) is 7.86. The Morgan fingerprint density at radius 3 is 2.35 bits per heavy atom. The average Bonchev–Trinajstić information content (AvgIpc) is 2.38. The maximum atomic E-state index is 12.2. The van der Waals surface area contributed by atoms with Crippen molar-refractivity contribution in [1.82, 2.24) is 4.90 Å². The van der Waals surface area contributed by atoms with Crippen LogP contribution in [0.3, 0.4) is 0 Å². The van der Waals surface area contributed by atoms with E-state index >= 15 is 0 Å². The molecule has 0 saturated heterocycles. The molecule has 0 saturated carbocycles. The molecule has 1 aromatic rings. The van der Waals surface area contributed by atoms with Crippen molar-refractivity contribution < 1.29 is 14.7 Å². The summed E-state index contributed by atoms with van der Waals surface area (Å²) < 4.78 is 0. The molecule has 0 fully saturated rings. The molecule has 1 N–H and O–H groups in total. The van der Waals surface area contributed by atoms with Crippen molar-refractivity contribution in [3.63, 3.8) is 0 Å². The van der Waals surface area contributed by atoms with Gasteiger partial charge in [-0.05, 0) is 32.8 Å². The second-order valence-corrected chi connectivity index (χ2v) is 5.11. The van der Waals surface area contributed by atoms with E-state index in [2.05, 4.69) is 0 Å². The van der Waals surface area contributed by atoms with E-state index < -0.39 is 5.97 Å². The number of amides is 1. The Hall–Kier alpha value is -1.84. The molecule has 0 aliphatic carbocycles. The smallest absolute Gasteiger partial charge is 0.305 e. The van der Waals surface area contributed by atoms with Crippen LogP contribution in [-0.4, -0.2) is 34.5 Å². The first-order valence-electron chi connectivity index (χ1n) is 7.00. The van der Waals surface area contributed by atoms with Gasteiger partial charge in [-0.2, -0.15) is 0 Å². The first-order valence-corrected chi connectivity index (χ1v) is 7.00. The molecule has 20 heavy (non-hydrogen) atoms. The molecule has 0 aliphatic heterocycles. The van der Waals surface area contributed by atoms with Gasteiger partial charge in [-0.25, -0.2) is 0 Å². The van der Waals surface area contributed by atoms with Crippen LogP contribution in [0.5, 0.6) is 0 Å². The van der Waals surface area contributed by atoms with Crippen LogP contribution in [0.4, 0.5) is 0 Å². The monoisotopic (exact) mass is 277 g/mol. The zero-order chi connectivity index (χ0) is 15.1. The van der Waals surface area contributed by atoms with Gasteiger partial charge in [-0.15, -0.1) is 0 Å². The van der Waals surface area contributed by atoms with Crippen LogP contribution >= 0.6 is 0 Å². The molecule has 0 bridgehead atoms. The van der Waals surface area contributed by atoms with Crippen LogP contribution in [0.2, 0.25) is 0 Å². The lowest BCUT2D eigenvalue weighted by Crippen LogP contribution is -2.39. The van der Waals surface area contributed by atoms with Gasteiger partial charge in [-0.1, -0.05) is 29.8 Å².